The summed E-state index contributed by atoms with van der Waals surface area (Å²) in [6.45, 7) is 2.29. The van der Waals surface area contributed by atoms with Crippen LogP contribution in [0.4, 0.5) is 25.0 Å². The van der Waals surface area contributed by atoms with Gasteiger partial charge in [0.05, 0.1) is 0 Å². The topological polar surface area (TPSA) is 52.7 Å². The molecule has 1 fully saturated rings. The number of halogens is 3. The Hall–Kier alpha value is -2.67. The first-order valence-corrected chi connectivity index (χ1v) is 8.30. The number of hydrogen-bond acceptors (Lipinski definition) is 2. The number of hydrogen-bond donors (Lipinski definition) is 1. The molecule has 1 N–H and O–H groups in total. The maximum absolute atomic E-state index is 13.4. The van der Waals surface area contributed by atoms with Gasteiger partial charge in [-0.15, -0.1) is 0 Å². The Morgan fingerprint density at radius 1 is 1.15 bits per heavy atom. The molecule has 136 valence electrons. The van der Waals surface area contributed by atoms with E-state index >= 15 is 0 Å². The van der Waals surface area contributed by atoms with Crippen molar-refractivity contribution in [2.75, 3.05) is 29.9 Å². The summed E-state index contributed by atoms with van der Waals surface area (Å²) in [5.74, 6) is -2.37. The number of nitrogens with one attached hydrogen (secondary N) is 1. The van der Waals surface area contributed by atoms with E-state index in [0.717, 1.165) is 17.7 Å². The summed E-state index contributed by atoms with van der Waals surface area (Å²) in [5.41, 5.74) is 1.68. The van der Waals surface area contributed by atoms with Gasteiger partial charge in [0, 0.05) is 35.6 Å². The van der Waals surface area contributed by atoms with Crippen LogP contribution < -0.4 is 10.2 Å². The lowest BCUT2D eigenvalue weighted by molar-refractivity contribution is -0.116. The molecule has 1 aliphatic rings. The van der Waals surface area contributed by atoms with Gasteiger partial charge in [0.15, 0.2) is 11.6 Å². The SMILES string of the molecule is Cc1ccc(NC(=O)CN2CCN(c3ccc(F)c(F)c3)C2=O)cc1Cl. The van der Waals surface area contributed by atoms with Crippen molar-refractivity contribution in [3.63, 3.8) is 0 Å². The van der Waals surface area contributed by atoms with E-state index in [2.05, 4.69) is 5.32 Å². The molecule has 0 aromatic heterocycles. The van der Waals surface area contributed by atoms with Gasteiger partial charge in [0.25, 0.3) is 0 Å². The van der Waals surface area contributed by atoms with Crippen LogP contribution in [0.1, 0.15) is 5.56 Å². The van der Waals surface area contributed by atoms with Crippen molar-refractivity contribution in [2.45, 2.75) is 6.92 Å². The summed E-state index contributed by atoms with van der Waals surface area (Å²) in [6.07, 6.45) is 0. The van der Waals surface area contributed by atoms with Gasteiger partial charge >= 0.3 is 6.03 Å². The highest BCUT2D eigenvalue weighted by molar-refractivity contribution is 6.31. The predicted octanol–water partition coefficient (Wildman–Crippen LogP) is 3.81. The van der Waals surface area contributed by atoms with Crippen molar-refractivity contribution in [1.29, 1.82) is 0 Å². The average molecular weight is 380 g/mol. The molecule has 3 amide bonds. The van der Waals surface area contributed by atoms with E-state index in [9.17, 15) is 18.4 Å². The quantitative estimate of drug-likeness (QED) is 0.878. The highest BCUT2D eigenvalue weighted by Crippen LogP contribution is 2.23. The third-order valence-electron chi connectivity index (χ3n) is 4.10. The molecule has 8 heteroatoms. The third kappa shape index (κ3) is 3.77. The van der Waals surface area contributed by atoms with Gasteiger partial charge in [0.1, 0.15) is 6.54 Å². The van der Waals surface area contributed by atoms with E-state index in [1.165, 1.54) is 15.9 Å². The molecule has 1 saturated heterocycles. The Bertz CT molecular complexity index is 876. The first-order chi connectivity index (χ1) is 12.3. The zero-order valence-corrected chi connectivity index (χ0v) is 14.7. The second kappa shape index (κ2) is 7.29. The van der Waals surface area contributed by atoms with Crippen LogP contribution in [-0.4, -0.2) is 36.5 Å². The van der Waals surface area contributed by atoms with Gasteiger partial charge in [-0.25, -0.2) is 13.6 Å². The molecule has 3 rings (SSSR count). The van der Waals surface area contributed by atoms with Crippen molar-refractivity contribution in [1.82, 2.24) is 4.90 Å². The molecule has 0 spiro atoms. The molecule has 1 aliphatic heterocycles. The fourth-order valence-electron chi connectivity index (χ4n) is 2.67. The van der Waals surface area contributed by atoms with Crippen molar-refractivity contribution >= 4 is 34.9 Å². The molecule has 0 unspecified atom stereocenters. The van der Waals surface area contributed by atoms with Crippen molar-refractivity contribution < 1.29 is 18.4 Å². The van der Waals surface area contributed by atoms with Crippen LogP contribution >= 0.6 is 11.6 Å². The van der Waals surface area contributed by atoms with Crippen molar-refractivity contribution in [3.8, 4) is 0 Å². The lowest BCUT2D eigenvalue weighted by atomic mass is 10.2. The van der Waals surface area contributed by atoms with E-state index in [-0.39, 0.29) is 24.7 Å². The Kier molecular flexibility index (Phi) is 5.08. The van der Waals surface area contributed by atoms with Crippen LogP contribution in [0, 0.1) is 18.6 Å². The maximum Gasteiger partial charge on any atom is 0.325 e. The van der Waals surface area contributed by atoms with Gasteiger partial charge in [-0.2, -0.15) is 0 Å². The fourth-order valence-corrected chi connectivity index (χ4v) is 2.85. The van der Waals surface area contributed by atoms with E-state index in [1.807, 2.05) is 6.92 Å². The molecule has 0 atom stereocenters. The van der Waals surface area contributed by atoms with Crippen LogP contribution in [0.25, 0.3) is 0 Å². The number of anilines is 2. The fraction of sp³-hybridized carbons (Fsp3) is 0.222. The van der Waals surface area contributed by atoms with Crippen molar-refractivity contribution in [2.24, 2.45) is 0 Å². The molecule has 5 nitrogen and oxygen atoms in total. The zero-order chi connectivity index (χ0) is 18.8. The number of aryl methyl sites for hydroxylation is 1. The molecule has 2 aromatic rings. The molecule has 0 radical (unpaired) electrons. The van der Waals surface area contributed by atoms with Crippen LogP contribution in [0.2, 0.25) is 5.02 Å². The number of nitrogens with zero attached hydrogens (tertiary/aromatic N) is 2. The van der Waals surface area contributed by atoms with Crippen LogP contribution in [-0.2, 0) is 4.79 Å². The van der Waals surface area contributed by atoms with Gasteiger partial charge in [-0.3, -0.25) is 9.69 Å². The second-order valence-electron chi connectivity index (χ2n) is 5.97. The minimum Gasteiger partial charge on any atom is -0.324 e. The second-order valence-corrected chi connectivity index (χ2v) is 6.37. The molecule has 2 aromatic carbocycles. The minimum atomic E-state index is -1.03. The van der Waals surface area contributed by atoms with E-state index in [4.69, 9.17) is 11.6 Å². The molecule has 26 heavy (non-hydrogen) atoms. The summed E-state index contributed by atoms with van der Waals surface area (Å²) in [5, 5.41) is 3.22. The molecule has 0 bridgehead atoms. The summed E-state index contributed by atoms with van der Waals surface area (Å²) in [6, 6.07) is 7.96. The number of rotatable bonds is 4. The number of benzene rings is 2. The van der Waals surface area contributed by atoms with E-state index < -0.39 is 17.7 Å². The summed E-state index contributed by atoms with van der Waals surface area (Å²) in [7, 11) is 0. The smallest absolute Gasteiger partial charge is 0.324 e. The molecular formula is C18H16ClF2N3O2. The number of amides is 3. The highest BCUT2D eigenvalue weighted by atomic mass is 35.5. The van der Waals surface area contributed by atoms with E-state index in [1.54, 1.807) is 18.2 Å². The number of carbonyl (C=O) groups is 2. The molecule has 0 aliphatic carbocycles. The summed E-state index contributed by atoms with van der Waals surface area (Å²) < 4.78 is 26.4. The summed E-state index contributed by atoms with van der Waals surface area (Å²) in [4.78, 5) is 27.2. The average Bonchev–Trinajstić information content (AvgIpc) is 2.94. The van der Waals surface area contributed by atoms with Gasteiger partial charge in [0.2, 0.25) is 5.91 Å². The van der Waals surface area contributed by atoms with Crippen LogP contribution in [0.15, 0.2) is 36.4 Å². The highest BCUT2D eigenvalue weighted by Gasteiger charge is 2.31. The minimum absolute atomic E-state index is 0.148. The van der Waals surface area contributed by atoms with Crippen molar-refractivity contribution in [3.05, 3.63) is 58.6 Å². The Labute approximate surface area is 154 Å². The van der Waals surface area contributed by atoms with Crippen LogP contribution in [0.5, 0.6) is 0 Å². The third-order valence-corrected chi connectivity index (χ3v) is 4.51. The predicted molar refractivity (Wildman–Crippen MR) is 95.5 cm³/mol. The standard InChI is InChI=1S/C18H16ClF2N3O2/c1-11-2-3-12(8-14(11)19)22-17(25)10-23-6-7-24(18(23)26)13-4-5-15(20)16(21)9-13/h2-5,8-9H,6-7,10H2,1H3,(H,22,25). The molecule has 0 saturated carbocycles. The largest absolute Gasteiger partial charge is 0.325 e. The molecule has 1 heterocycles. The van der Waals surface area contributed by atoms with Gasteiger partial charge in [-0.05, 0) is 36.8 Å². The first-order valence-electron chi connectivity index (χ1n) is 7.92. The Morgan fingerprint density at radius 2 is 1.92 bits per heavy atom. The van der Waals surface area contributed by atoms with Crippen LogP contribution in [0.3, 0.4) is 0 Å². The zero-order valence-electron chi connectivity index (χ0n) is 13.9. The van der Waals surface area contributed by atoms with Gasteiger partial charge < -0.3 is 10.2 Å². The first kappa shape index (κ1) is 18.1. The Morgan fingerprint density at radius 3 is 2.62 bits per heavy atom. The lowest BCUT2D eigenvalue weighted by Crippen LogP contribution is -2.37. The monoisotopic (exact) mass is 379 g/mol. The summed E-state index contributed by atoms with van der Waals surface area (Å²) >= 11 is 6.02. The lowest BCUT2D eigenvalue weighted by Gasteiger charge is -2.18. The van der Waals surface area contributed by atoms with E-state index in [0.29, 0.717) is 17.3 Å². The maximum atomic E-state index is 13.4. The number of urea groups is 1. The Balaban J connectivity index is 1.63. The normalized spacial score (nSPS) is 14.1. The number of carbonyl (C=O) groups excluding carboxylic acids is 2. The van der Waals surface area contributed by atoms with Gasteiger partial charge in [-0.1, -0.05) is 17.7 Å². The molecular weight excluding hydrogens is 364 g/mol.